The molecule has 1 aromatic heterocycles. The highest BCUT2D eigenvalue weighted by atomic mass is 35.5. The van der Waals surface area contributed by atoms with Crippen molar-refractivity contribution in [1.82, 2.24) is 15.0 Å². The molecule has 7 nitrogen and oxygen atoms in total. The maximum absolute atomic E-state index is 13.3. The van der Waals surface area contributed by atoms with Gasteiger partial charge in [0.25, 0.3) is 0 Å². The Morgan fingerprint density at radius 1 is 1.21 bits per heavy atom. The van der Waals surface area contributed by atoms with Crippen LogP contribution in [0.5, 0.6) is 11.5 Å². The molecule has 0 bridgehead atoms. The minimum Gasteiger partial charge on any atom is -0.497 e. The maximum Gasteiger partial charge on any atom is 0.228 e. The Bertz CT molecular complexity index is 702. The van der Waals surface area contributed by atoms with E-state index in [4.69, 9.17) is 26.8 Å². The number of nitrogens with two attached hydrogens (primary N) is 1. The van der Waals surface area contributed by atoms with Gasteiger partial charge in [-0.2, -0.15) is 15.0 Å². The van der Waals surface area contributed by atoms with E-state index < -0.39 is 6.17 Å². The van der Waals surface area contributed by atoms with Crippen LogP contribution in [0.4, 0.5) is 16.3 Å². The zero-order chi connectivity index (χ0) is 17.7. The smallest absolute Gasteiger partial charge is 0.228 e. The van der Waals surface area contributed by atoms with Crippen molar-refractivity contribution < 1.29 is 13.9 Å². The van der Waals surface area contributed by atoms with E-state index in [1.807, 2.05) is 6.92 Å². The number of nitrogen functional groups attached to an aromatic ring is 1. The number of hydrogen-bond acceptors (Lipinski definition) is 7. The van der Waals surface area contributed by atoms with Crippen LogP contribution in [0.25, 0.3) is 0 Å². The van der Waals surface area contributed by atoms with Gasteiger partial charge in [0.15, 0.2) is 12.0 Å². The van der Waals surface area contributed by atoms with Crippen molar-refractivity contribution in [2.45, 2.75) is 26.1 Å². The Labute approximate surface area is 144 Å². The van der Waals surface area contributed by atoms with Crippen LogP contribution >= 0.6 is 11.6 Å². The minimum atomic E-state index is -1.33. The molecule has 130 valence electrons. The van der Waals surface area contributed by atoms with E-state index in [0.717, 1.165) is 0 Å². The summed E-state index contributed by atoms with van der Waals surface area (Å²) in [6, 6.07) is 4.92. The van der Waals surface area contributed by atoms with E-state index in [2.05, 4.69) is 20.3 Å². The van der Waals surface area contributed by atoms with Gasteiger partial charge in [0.05, 0.1) is 13.2 Å². The van der Waals surface area contributed by atoms with Crippen LogP contribution in [-0.4, -0.2) is 34.7 Å². The molecule has 2 aromatic rings. The Balaban J connectivity index is 1.98. The number of hydrogen-bond donors (Lipinski definition) is 2. The standard InChI is InChI=1S/C15H19ClFN5O2/c1-8(7-24-12-5-10(16)4-11(6-12)23-3)19-15-21-13(9(2)17)20-14(18)22-15/h4-6,8-9H,7H2,1-3H3,(H3,18,19,20,21,22). The summed E-state index contributed by atoms with van der Waals surface area (Å²) in [5.41, 5.74) is 5.56. The third-order valence-corrected chi connectivity index (χ3v) is 3.20. The summed E-state index contributed by atoms with van der Waals surface area (Å²) < 4.78 is 24.1. The first-order valence-electron chi connectivity index (χ1n) is 7.27. The highest BCUT2D eigenvalue weighted by molar-refractivity contribution is 6.30. The normalized spacial score (nSPS) is 13.2. The number of alkyl halides is 1. The van der Waals surface area contributed by atoms with Gasteiger partial charge >= 0.3 is 0 Å². The zero-order valence-electron chi connectivity index (χ0n) is 13.6. The Morgan fingerprint density at radius 3 is 2.58 bits per heavy atom. The van der Waals surface area contributed by atoms with Crippen molar-refractivity contribution >= 4 is 23.5 Å². The molecule has 0 spiro atoms. The third-order valence-electron chi connectivity index (χ3n) is 2.98. The number of methoxy groups -OCH3 is 1. The largest absolute Gasteiger partial charge is 0.497 e. The summed E-state index contributed by atoms with van der Waals surface area (Å²) in [6.45, 7) is 3.49. The average Bonchev–Trinajstić information content (AvgIpc) is 2.51. The molecule has 2 atom stereocenters. The predicted octanol–water partition coefficient (Wildman–Crippen LogP) is 3.03. The van der Waals surface area contributed by atoms with E-state index in [0.29, 0.717) is 23.1 Å². The van der Waals surface area contributed by atoms with Crippen LogP contribution in [0.15, 0.2) is 18.2 Å². The first kappa shape index (κ1) is 18.0. The fourth-order valence-electron chi connectivity index (χ4n) is 1.87. The van der Waals surface area contributed by atoms with Crippen LogP contribution < -0.4 is 20.5 Å². The lowest BCUT2D eigenvalue weighted by atomic mass is 10.3. The quantitative estimate of drug-likeness (QED) is 0.788. The lowest BCUT2D eigenvalue weighted by Crippen LogP contribution is -2.25. The second kappa shape index (κ2) is 7.96. The van der Waals surface area contributed by atoms with Crippen LogP contribution in [0.2, 0.25) is 5.02 Å². The fraction of sp³-hybridized carbons (Fsp3) is 0.400. The Kier molecular flexibility index (Phi) is 5.97. The third kappa shape index (κ3) is 5.09. The molecule has 0 amide bonds. The molecule has 2 unspecified atom stereocenters. The molecule has 1 aromatic carbocycles. The molecule has 1 heterocycles. The summed E-state index contributed by atoms with van der Waals surface area (Å²) in [6.07, 6.45) is -1.33. The summed E-state index contributed by atoms with van der Waals surface area (Å²) in [5.74, 6) is 1.31. The molecule has 0 saturated carbocycles. The molecule has 3 N–H and O–H groups in total. The zero-order valence-corrected chi connectivity index (χ0v) is 14.3. The van der Waals surface area contributed by atoms with Gasteiger partial charge in [-0.15, -0.1) is 0 Å². The van der Waals surface area contributed by atoms with Crippen molar-refractivity contribution in [3.63, 3.8) is 0 Å². The molecule has 0 aliphatic heterocycles. The summed E-state index contributed by atoms with van der Waals surface area (Å²) >= 11 is 5.99. The highest BCUT2D eigenvalue weighted by Gasteiger charge is 2.13. The number of aromatic nitrogens is 3. The molecule has 2 rings (SSSR count). The first-order chi connectivity index (χ1) is 11.4. The van der Waals surface area contributed by atoms with Gasteiger partial charge in [0.1, 0.15) is 18.1 Å². The van der Waals surface area contributed by atoms with Crippen molar-refractivity contribution in [2.75, 3.05) is 24.8 Å². The number of rotatable bonds is 7. The van der Waals surface area contributed by atoms with Gasteiger partial charge in [-0.3, -0.25) is 0 Å². The second-order valence-electron chi connectivity index (χ2n) is 5.17. The molecule has 0 saturated heterocycles. The van der Waals surface area contributed by atoms with Crippen LogP contribution in [-0.2, 0) is 0 Å². The Hall–Kier alpha value is -2.35. The SMILES string of the molecule is COc1cc(Cl)cc(OCC(C)Nc2nc(N)nc(C(C)F)n2)c1. The Morgan fingerprint density at radius 2 is 1.92 bits per heavy atom. The number of halogens is 2. The molecule has 24 heavy (non-hydrogen) atoms. The minimum absolute atomic E-state index is 0.0160. The second-order valence-corrected chi connectivity index (χ2v) is 5.61. The van der Waals surface area contributed by atoms with Gasteiger partial charge in [-0.05, 0) is 26.0 Å². The first-order valence-corrected chi connectivity index (χ1v) is 7.64. The molecular formula is C15H19ClFN5O2. The van der Waals surface area contributed by atoms with Crippen molar-refractivity contribution in [2.24, 2.45) is 0 Å². The number of ether oxygens (including phenoxy) is 2. The van der Waals surface area contributed by atoms with E-state index >= 15 is 0 Å². The number of nitrogens with one attached hydrogen (secondary N) is 1. The molecule has 0 aliphatic carbocycles. The van der Waals surface area contributed by atoms with E-state index in [1.54, 1.807) is 25.3 Å². The summed E-state index contributed by atoms with van der Waals surface area (Å²) in [4.78, 5) is 11.7. The molecule has 0 radical (unpaired) electrons. The van der Waals surface area contributed by atoms with E-state index in [1.165, 1.54) is 6.92 Å². The van der Waals surface area contributed by atoms with Crippen molar-refractivity contribution in [3.05, 3.63) is 29.0 Å². The van der Waals surface area contributed by atoms with Crippen molar-refractivity contribution in [3.8, 4) is 11.5 Å². The van der Waals surface area contributed by atoms with Gasteiger partial charge < -0.3 is 20.5 Å². The monoisotopic (exact) mass is 355 g/mol. The maximum atomic E-state index is 13.3. The van der Waals surface area contributed by atoms with Crippen LogP contribution in [0.1, 0.15) is 25.8 Å². The lowest BCUT2D eigenvalue weighted by Gasteiger charge is -2.16. The fourth-order valence-corrected chi connectivity index (χ4v) is 2.09. The highest BCUT2D eigenvalue weighted by Crippen LogP contribution is 2.26. The van der Waals surface area contributed by atoms with Gasteiger partial charge in [-0.1, -0.05) is 11.6 Å². The average molecular weight is 356 g/mol. The molecular weight excluding hydrogens is 337 g/mol. The van der Waals surface area contributed by atoms with Gasteiger partial charge in [0.2, 0.25) is 11.9 Å². The van der Waals surface area contributed by atoms with Gasteiger partial charge in [-0.25, -0.2) is 4.39 Å². The van der Waals surface area contributed by atoms with Gasteiger partial charge in [0, 0.05) is 11.1 Å². The molecule has 0 fully saturated rings. The van der Waals surface area contributed by atoms with E-state index in [-0.39, 0.29) is 23.8 Å². The summed E-state index contributed by atoms with van der Waals surface area (Å²) in [5, 5.41) is 3.50. The molecule has 9 heteroatoms. The number of nitrogens with zero attached hydrogens (tertiary/aromatic N) is 3. The number of benzene rings is 1. The number of anilines is 2. The molecule has 0 aliphatic rings. The summed E-state index contributed by atoms with van der Waals surface area (Å²) in [7, 11) is 1.55. The lowest BCUT2D eigenvalue weighted by molar-refractivity contribution is 0.301. The van der Waals surface area contributed by atoms with E-state index in [9.17, 15) is 4.39 Å². The van der Waals surface area contributed by atoms with Crippen LogP contribution in [0, 0.1) is 0 Å². The van der Waals surface area contributed by atoms with Crippen molar-refractivity contribution in [1.29, 1.82) is 0 Å². The van der Waals surface area contributed by atoms with Crippen LogP contribution in [0.3, 0.4) is 0 Å². The topological polar surface area (TPSA) is 95.2 Å². The predicted molar refractivity (Wildman–Crippen MR) is 90.3 cm³/mol.